The van der Waals surface area contributed by atoms with Crippen molar-refractivity contribution in [3.05, 3.63) is 71.7 Å². The van der Waals surface area contributed by atoms with E-state index < -0.39 is 6.36 Å². The van der Waals surface area contributed by atoms with E-state index in [4.69, 9.17) is 4.42 Å². The zero-order valence-electron chi connectivity index (χ0n) is 16.1. The molecule has 0 spiro atoms. The SMILES string of the molecule is Cc1ccc(Cn2nc(-c3ncc(-c4ccc(OC(F)(F)F)cc4)o3)nc2C)cc1. The fourth-order valence-corrected chi connectivity index (χ4v) is 2.86. The van der Waals surface area contributed by atoms with Crippen LogP contribution < -0.4 is 4.74 Å². The van der Waals surface area contributed by atoms with Crippen molar-refractivity contribution in [1.82, 2.24) is 19.7 Å². The molecule has 154 valence electrons. The molecule has 0 fully saturated rings. The monoisotopic (exact) mass is 414 g/mol. The maximum Gasteiger partial charge on any atom is 0.573 e. The molecule has 0 unspecified atom stereocenters. The molecule has 4 rings (SSSR count). The molecule has 0 radical (unpaired) electrons. The van der Waals surface area contributed by atoms with Gasteiger partial charge in [-0.2, -0.15) is 0 Å². The molecular weight excluding hydrogens is 397 g/mol. The fourth-order valence-electron chi connectivity index (χ4n) is 2.86. The van der Waals surface area contributed by atoms with E-state index >= 15 is 0 Å². The third-order valence-electron chi connectivity index (χ3n) is 4.38. The Labute approximate surface area is 170 Å². The lowest BCUT2D eigenvalue weighted by Gasteiger charge is -2.08. The Morgan fingerprint density at radius 2 is 1.70 bits per heavy atom. The molecule has 2 heterocycles. The normalized spacial score (nSPS) is 11.6. The van der Waals surface area contributed by atoms with E-state index in [-0.39, 0.29) is 11.6 Å². The van der Waals surface area contributed by atoms with Crippen LogP contribution >= 0.6 is 0 Å². The Balaban J connectivity index is 1.52. The highest BCUT2D eigenvalue weighted by molar-refractivity contribution is 5.59. The molecular formula is C21H17F3N4O2. The maximum absolute atomic E-state index is 12.3. The first-order chi connectivity index (χ1) is 14.3. The topological polar surface area (TPSA) is 66.0 Å². The fraction of sp³-hybridized carbons (Fsp3) is 0.190. The number of alkyl halides is 3. The van der Waals surface area contributed by atoms with Crippen molar-refractivity contribution in [2.45, 2.75) is 26.8 Å². The van der Waals surface area contributed by atoms with Crippen LogP contribution in [0, 0.1) is 13.8 Å². The predicted molar refractivity (Wildman–Crippen MR) is 103 cm³/mol. The van der Waals surface area contributed by atoms with Gasteiger partial charge in [-0.15, -0.1) is 18.3 Å². The molecule has 0 aliphatic carbocycles. The summed E-state index contributed by atoms with van der Waals surface area (Å²) >= 11 is 0. The van der Waals surface area contributed by atoms with Gasteiger partial charge in [0, 0.05) is 5.56 Å². The molecule has 2 aromatic carbocycles. The van der Waals surface area contributed by atoms with E-state index in [2.05, 4.69) is 19.8 Å². The van der Waals surface area contributed by atoms with Gasteiger partial charge in [-0.3, -0.25) is 0 Å². The van der Waals surface area contributed by atoms with Crippen molar-refractivity contribution in [3.8, 4) is 28.8 Å². The number of rotatable bonds is 5. The van der Waals surface area contributed by atoms with Crippen molar-refractivity contribution in [2.75, 3.05) is 0 Å². The van der Waals surface area contributed by atoms with Crippen LogP contribution in [0.3, 0.4) is 0 Å². The van der Waals surface area contributed by atoms with E-state index in [0.717, 1.165) is 5.56 Å². The zero-order valence-corrected chi connectivity index (χ0v) is 16.1. The molecule has 2 aromatic heterocycles. The van der Waals surface area contributed by atoms with Gasteiger partial charge >= 0.3 is 6.36 Å². The van der Waals surface area contributed by atoms with Gasteiger partial charge in [-0.1, -0.05) is 29.8 Å². The number of nitrogens with zero attached hydrogens (tertiary/aromatic N) is 4. The number of aromatic nitrogens is 4. The predicted octanol–water partition coefficient (Wildman–Crippen LogP) is 5.16. The Kier molecular flexibility index (Phi) is 5.03. The van der Waals surface area contributed by atoms with Crippen molar-refractivity contribution in [3.63, 3.8) is 0 Å². The number of hydrogen-bond acceptors (Lipinski definition) is 5. The highest BCUT2D eigenvalue weighted by Gasteiger charge is 2.31. The minimum atomic E-state index is -4.73. The number of aryl methyl sites for hydroxylation is 2. The number of ether oxygens (including phenoxy) is 1. The summed E-state index contributed by atoms with van der Waals surface area (Å²) in [4.78, 5) is 8.61. The van der Waals surface area contributed by atoms with Crippen LogP contribution in [0.15, 0.2) is 59.1 Å². The Morgan fingerprint density at radius 1 is 1.00 bits per heavy atom. The summed E-state index contributed by atoms with van der Waals surface area (Å²) in [6.07, 6.45) is -3.26. The highest BCUT2D eigenvalue weighted by atomic mass is 19.4. The van der Waals surface area contributed by atoms with Crippen LogP contribution in [-0.4, -0.2) is 26.1 Å². The highest BCUT2D eigenvalue weighted by Crippen LogP contribution is 2.28. The van der Waals surface area contributed by atoms with Gasteiger partial charge in [-0.25, -0.2) is 14.6 Å². The van der Waals surface area contributed by atoms with Gasteiger partial charge in [-0.05, 0) is 43.7 Å². The third-order valence-corrected chi connectivity index (χ3v) is 4.38. The molecule has 4 aromatic rings. The van der Waals surface area contributed by atoms with Crippen molar-refractivity contribution in [2.24, 2.45) is 0 Å². The van der Waals surface area contributed by atoms with Gasteiger partial charge in [0.25, 0.3) is 5.89 Å². The lowest BCUT2D eigenvalue weighted by atomic mass is 10.1. The Hall–Kier alpha value is -3.62. The zero-order chi connectivity index (χ0) is 21.3. The first-order valence-corrected chi connectivity index (χ1v) is 9.06. The van der Waals surface area contributed by atoms with Crippen molar-refractivity contribution < 1.29 is 22.3 Å². The van der Waals surface area contributed by atoms with Crippen molar-refractivity contribution >= 4 is 0 Å². The second-order valence-electron chi connectivity index (χ2n) is 6.73. The van der Waals surface area contributed by atoms with Crippen LogP contribution in [-0.2, 0) is 6.54 Å². The smallest absolute Gasteiger partial charge is 0.434 e. The van der Waals surface area contributed by atoms with Gasteiger partial charge in [0.15, 0.2) is 5.76 Å². The molecule has 0 aliphatic heterocycles. The molecule has 9 heteroatoms. The Bertz CT molecular complexity index is 1150. The largest absolute Gasteiger partial charge is 0.573 e. The second-order valence-corrected chi connectivity index (χ2v) is 6.73. The summed E-state index contributed by atoms with van der Waals surface area (Å²) in [6, 6.07) is 13.5. The quantitative estimate of drug-likeness (QED) is 0.451. The van der Waals surface area contributed by atoms with Crippen LogP contribution in [0.1, 0.15) is 17.0 Å². The number of hydrogen-bond donors (Lipinski definition) is 0. The lowest BCUT2D eigenvalue weighted by molar-refractivity contribution is -0.274. The molecule has 0 aliphatic rings. The molecule has 6 nitrogen and oxygen atoms in total. The summed E-state index contributed by atoms with van der Waals surface area (Å²) in [5, 5.41) is 4.46. The first kappa shape index (κ1) is 19.7. The molecule has 0 bridgehead atoms. The number of oxazole rings is 1. The summed E-state index contributed by atoms with van der Waals surface area (Å²) in [5.41, 5.74) is 2.83. The van der Waals surface area contributed by atoms with Crippen LogP contribution in [0.4, 0.5) is 13.2 Å². The van der Waals surface area contributed by atoms with Crippen LogP contribution in [0.2, 0.25) is 0 Å². The number of halogens is 3. The maximum atomic E-state index is 12.3. The number of benzene rings is 2. The summed E-state index contributed by atoms with van der Waals surface area (Å²) in [5.74, 6) is 1.35. The first-order valence-electron chi connectivity index (χ1n) is 9.06. The van der Waals surface area contributed by atoms with E-state index in [1.54, 1.807) is 4.68 Å². The van der Waals surface area contributed by atoms with Gasteiger partial charge in [0.1, 0.15) is 11.6 Å². The van der Waals surface area contributed by atoms with Gasteiger partial charge in [0.05, 0.1) is 12.7 Å². The van der Waals surface area contributed by atoms with E-state index in [1.165, 1.54) is 36.0 Å². The summed E-state index contributed by atoms with van der Waals surface area (Å²) in [7, 11) is 0. The molecule has 0 amide bonds. The molecule has 0 atom stereocenters. The Morgan fingerprint density at radius 3 is 2.37 bits per heavy atom. The van der Waals surface area contributed by atoms with Crippen LogP contribution in [0.5, 0.6) is 5.75 Å². The van der Waals surface area contributed by atoms with Crippen LogP contribution in [0.25, 0.3) is 23.0 Å². The van der Waals surface area contributed by atoms with E-state index in [0.29, 0.717) is 29.5 Å². The average molecular weight is 414 g/mol. The van der Waals surface area contributed by atoms with Gasteiger partial charge in [0.2, 0.25) is 5.82 Å². The molecule has 30 heavy (non-hydrogen) atoms. The van der Waals surface area contributed by atoms with Gasteiger partial charge < -0.3 is 9.15 Å². The molecule has 0 saturated heterocycles. The standard InChI is InChI=1S/C21H17F3N4O2/c1-13-3-5-15(6-4-13)12-28-14(2)26-19(27-28)20-25-11-18(29-20)16-7-9-17(10-8-16)30-21(22,23)24/h3-11H,12H2,1-2H3. The minimum Gasteiger partial charge on any atom is -0.434 e. The van der Waals surface area contributed by atoms with E-state index in [9.17, 15) is 13.2 Å². The van der Waals surface area contributed by atoms with E-state index in [1.807, 2.05) is 38.1 Å². The minimum absolute atomic E-state index is 0.228. The van der Waals surface area contributed by atoms with Crippen molar-refractivity contribution in [1.29, 1.82) is 0 Å². The summed E-state index contributed by atoms with van der Waals surface area (Å²) < 4.78 is 48.2. The third kappa shape index (κ3) is 4.51. The lowest BCUT2D eigenvalue weighted by Crippen LogP contribution is -2.16. The average Bonchev–Trinajstić information content (AvgIpc) is 3.30. The summed E-state index contributed by atoms with van der Waals surface area (Å²) in [6.45, 7) is 4.43. The molecule has 0 N–H and O–H groups in total. The molecule has 0 saturated carbocycles. The second kappa shape index (κ2) is 7.66.